The van der Waals surface area contributed by atoms with Crippen LogP contribution in [-0.4, -0.2) is 92.6 Å². The molecule has 0 bridgehead atoms. The zero-order chi connectivity index (χ0) is 25.4. The van der Waals surface area contributed by atoms with E-state index in [9.17, 15) is 26.0 Å². The Kier molecular flexibility index (Phi) is 7.07. The van der Waals surface area contributed by atoms with Gasteiger partial charge in [-0.15, -0.1) is 0 Å². The predicted molar refractivity (Wildman–Crippen MR) is 130 cm³/mol. The number of anilines is 2. The Morgan fingerprint density at radius 2 is 1.29 bits per heavy atom. The molecule has 2 aliphatic rings. The lowest BCUT2D eigenvalue weighted by Crippen LogP contribution is -2.49. The Balaban J connectivity index is 1.55. The molecule has 1 amide bonds. The van der Waals surface area contributed by atoms with Gasteiger partial charge in [-0.1, -0.05) is 0 Å². The Hall–Kier alpha value is -2.70. The average Bonchev–Trinajstić information content (AvgIpc) is 2.83. The lowest BCUT2D eigenvalue weighted by atomic mass is 10.1. The minimum absolute atomic E-state index is 0.0736. The fourth-order valence-electron chi connectivity index (χ4n) is 4.29. The summed E-state index contributed by atoms with van der Waals surface area (Å²) in [6.45, 7) is 3.52. The molecular formula is C23H28FN3O6S2. The van der Waals surface area contributed by atoms with Gasteiger partial charge in [0.1, 0.15) is 5.82 Å². The van der Waals surface area contributed by atoms with Crippen LogP contribution in [0.15, 0.2) is 46.2 Å². The summed E-state index contributed by atoms with van der Waals surface area (Å²) in [4.78, 5) is 18.9. The smallest absolute Gasteiger partial charge is 0.256 e. The number of morpholine rings is 1. The van der Waals surface area contributed by atoms with Crippen LogP contribution < -0.4 is 9.80 Å². The van der Waals surface area contributed by atoms with Crippen LogP contribution in [-0.2, 0) is 24.4 Å². The highest BCUT2D eigenvalue weighted by Gasteiger charge is 2.28. The van der Waals surface area contributed by atoms with Crippen molar-refractivity contribution < 1.29 is 30.8 Å². The molecule has 0 spiro atoms. The first kappa shape index (κ1) is 25.4. The van der Waals surface area contributed by atoms with Gasteiger partial charge >= 0.3 is 0 Å². The highest BCUT2D eigenvalue weighted by Crippen LogP contribution is 2.28. The van der Waals surface area contributed by atoms with Crippen molar-refractivity contribution in [2.24, 2.45) is 0 Å². The number of carbonyl (C=O) groups excluding carboxylic acids is 1. The average molecular weight is 526 g/mol. The van der Waals surface area contributed by atoms with Crippen molar-refractivity contribution in [1.29, 1.82) is 0 Å². The Labute approximate surface area is 204 Å². The van der Waals surface area contributed by atoms with Crippen molar-refractivity contribution in [1.82, 2.24) is 4.90 Å². The molecule has 35 heavy (non-hydrogen) atoms. The van der Waals surface area contributed by atoms with Gasteiger partial charge in [0.15, 0.2) is 19.7 Å². The van der Waals surface area contributed by atoms with E-state index >= 15 is 0 Å². The van der Waals surface area contributed by atoms with Gasteiger partial charge in [-0.05, 0) is 36.4 Å². The van der Waals surface area contributed by atoms with Crippen molar-refractivity contribution in [3.63, 3.8) is 0 Å². The Morgan fingerprint density at radius 3 is 1.83 bits per heavy atom. The molecule has 0 aliphatic carbocycles. The van der Waals surface area contributed by atoms with Gasteiger partial charge in [-0.2, -0.15) is 0 Å². The number of nitrogens with zero attached hydrogens (tertiary/aromatic N) is 3. The van der Waals surface area contributed by atoms with Crippen LogP contribution in [0.4, 0.5) is 15.8 Å². The second kappa shape index (κ2) is 9.75. The molecule has 0 N–H and O–H groups in total. The van der Waals surface area contributed by atoms with Crippen LogP contribution in [0.25, 0.3) is 0 Å². The molecule has 2 heterocycles. The number of benzene rings is 2. The maximum Gasteiger partial charge on any atom is 0.256 e. The largest absolute Gasteiger partial charge is 0.378 e. The number of sulfone groups is 2. The van der Waals surface area contributed by atoms with E-state index < -0.39 is 25.5 Å². The van der Waals surface area contributed by atoms with Gasteiger partial charge in [0.25, 0.3) is 5.91 Å². The van der Waals surface area contributed by atoms with E-state index in [1.54, 1.807) is 15.9 Å². The maximum atomic E-state index is 14.6. The molecule has 0 atom stereocenters. The normalized spacial score (nSPS) is 17.5. The van der Waals surface area contributed by atoms with Crippen LogP contribution in [0, 0.1) is 5.82 Å². The highest BCUT2D eigenvalue weighted by atomic mass is 32.2. The number of rotatable bonds is 5. The lowest BCUT2D eigenvalue weighted by molar-refractivity contribution is 0.0745. The highest BCUT2D eigenvalue weighted by molar-refractivity contribution is 7.91. The van der Waals surface area contributed by atoms with Gasteiger partial charge < -0.3 is 19.4 Å². The fraction of sp³-hybridized carbons (Fsp3) is 0.435. The van der Waals surface area contributed by atoms with Crippen molar-refractivity contribution in [3.05, 3.63) is 47.8 Å². The third kappa shape index (κ3) is 5.60. The number of carbonyl (C=O) groups is 1. The van der Waals surface area contributed by atoms with Crippen LogP contribution in [0.3, 0.4) is 0 Å². The van der Waals surface area contributed by atoms with Gasteiger partial charge in [-0.3, -0.25) is 4.79 Å². The molecule has 12 heteroatoms. The zero-order valence-corrected chi connectivity index (χ0v) is 21.2. The first-order chi connectivity index (χ1) is 16.4. The van der Waals surface area contributed by atoms with Crippen LogP contribution in [0.5, 0.6) is 0 Å². The summed E-state index contributed by atoms with van der Waals surface area (Å²) in [6.07, 6.45) is 2.13. The molecule has 2 saturated heterocycles. The third-order valence-corrected chi connectivity index (χ3v) is 8.45. The first-order valence-electron chi connectivity index (χ1n) is 11.2. The lowest BCUT2D eigenvalue weighted by Gasteiger charge is -2.37. The second-order valence-corrected chi connectivity index (χ2v) is 12.7. The van der Waals surface area contributed by atoms with E-state index in [-0.39, 0.29) is 21.4 Å². The molecule has 2 aliphatic heterocycles. The number of hydrogen-bond donors (Lipinski definition) is 0. The molecule has 2 aromatic carbocycles. The molecule has 0 radical (unpaired) electrons. The van der Waals surface area contributed by atoms with Crippen molar-refractivity contribution in [2.75, 3.05) is 74.8 Å². The van der Waals surface area contributed by atoms with E-state index in [1.165, 1.54) is 24.3 Å². The van der Waals surface area contributed by atoms with Gasteiger partial charge in [0.2, 0.25) is 0 Å². The van der Waals surface area contributed by atoms with Crippen molar-refractivity contribution >= 4 is 37.0 Å². The summed E-state index contributed by atoms with van der Waals surface area (Å²) in [6, 6.07) is 8.43. The van der Waals surface area contributed by atoms with Gasteiger partial charge in [-0.25, -0.2) is 21.2 Å². The number of halogens is 1. The molecule has 190 valence electrons. The van der Waals surface area contributed by atoms with Crippen molar-refractivity contribution in [3.8, 4) is 0 Å². The summed E-state index contributed by atoms with van der Waals surface area (Å²) in [5.41, 5.74) is 1.25. The molecule has 0 aromatic heterocycles. The van der Waals surface area contributed by atoms with E-state index in [0.29, 0.717) is 63.7 Å². The minimum Gasteiger partial charge on any atom is -0.378 e. The standard InChI is InChI=1S/C23H28FN3O6S2/c1-34(29,30)17-3-5-21(26-11-13-33-14-12-26)19(15-17)23(28)27-9-7-25(8-10-27)22-6-4-18(16-20(22)24)35(2,31)32/h3-6,15-16H,7-14H2,1-2H3. The minimum atomic E-state index is -3.52. The molecule has 4 rings (SSSR count). The monoisotopic (exact) mass is 525 g/mol. The fourth-order valence-corrected chi connectivity index (χ4v) is 5.57. The summed E-state index contributed by atoms with van der Waals surface area (Å²) in [7, 11) is -7.02. The quantitative estimate of drug-likeness (QED) is 0.578. The number of piperazine rings is 1. The molecule has 2 fully saturated rings. The van der Waals surface area contributed by atoms with Crippen molar-refractivity contribution in [2.45, 2.75) is 9.79 Å². The van der Waals surface area contributed by atoms with E-state index in [0.717, 1.165) is 18.6 Å². The predicted octanol–water partition coefficient (Wildman–Crippen LogP) is 1.43. The zero-order valence-electron chi connectivity index (χ0n) is 19.6. The van der Waals surface area contributed by atoms with E-state index in [1.807, 2.05) is 4.90 Å². The Morgan fingerprint density at radius 1 is 0.771 bits per heavy atom. The number of hydrogen-bond acceptors (Lipinski definition) is 8. The number of ether oxygens (including phenoxy) is 1. The Bertz CT molecular complexity index is 1330. The van der Waals surface area contributed by atoms with Gasteiger partial charge in [0, 0.05) is 57.5 Å². The van der Waals surface area contributed by atoms with Crippen LogP contribution in [0.1, 0.15) is 10.4 Å². The van der Waals surface area contributed by atoms with Crippen LogP contribution in [0.2, 0.25) is 0 Å². The topological polar surface area (TPSA) is 104 Å². The molecule has 0 saturated carbocycles. The first-order valence-corrected chi connectivity index (χ1v) is 14.9. The number of amides is 1. The molecule has 2 aromatic rings. The maximum absolute atomic E-state index is 14.6. The SMILES string of the molecule is CS(=O)(=O)c1ccc(N2CCN(C(=O)c3cc(S(C)(=O)=O)ccc3N3CCOCC3)CC2)c(F)c1. The summed E-state index contributed by atoms with van der Waals surface area (Å²) < 4.78 is 67.7. The third-order valence-electron chi connectivity index (χ3n) is 6.23. The van der Waals surface area contributed by atoms with E-state index in [4.69, 9.17) is 4.74 Å². The molecule has 9 nitrogen and oxygen atoms in total. The van der Waals surface area contributed by atoms with Gasteiger partial charge in [0.05, 0.1) is 34.3 Å². The van der Waals surface area contributed by atoms with E-state index in [2.05, 4.69) is 0 Å². The summed E-state index contributed by atoms with van der Waals surface area (Å²) in [5, 5.41) is 0. The molecular weight excluding hydrogens is 497 g/mol. The summed E-state index contributed by atoms with van der Waals surface area (Å²) >= 11 is 0. The molecule has 0 unspecified atom stereocenters. The second-order valence-electron chi connectivity index (χ2n) is 8.72. The van der Waals surface area contributed by atoms with Crippen LogP contribution >= 0.6 is 0 Å². The summed E-state index contributed by atoms with van der Waals surface area (Å²) in [5.74, 6) is -0.923.